The van der Waals surface area contributed by atoms with Gasteiger partial charge in [0.2, 0.25) is 0 Å². The second-order valence-electron chi connectivity index (χ2n) is 7.55. The number of fused-ring (bicyclic) bond motifs is 1. The maximum absolute atomic E-state index is 5.62. The summed E-state index contributed by atoms with van der Waals surface area (Å²) in [7, 11) is 0. The molecule has 0 aliphatic heterocycles. The molecule has 2 heteroatoms. The Balaban J connectivity index is 2.47. The van der Waals surface area contributed by atoms with Crippen molar-refractivity contribution < 1.29 is 4.84 Å². The Labute approximate surface area is 123 Å². The van der Waals surface area contributed by atoms with E-state index in [1.807, 2.05) is 0 Å². The molecule has 20 heavy (non-hydrogen) atoms. The van der Waals surface area contributed by atoms with Gasteiger partial charge in [-0.2, -0.15) is 5.90 Å². The number of nitrogens with two attached hydrogens (primary N) is 1. The number of rotatable bonds is 2. The fourth-order valence-electron chi connectivity index (χ4n) is 3.35. The van der Waals surface area contributed by atoms with E-state index in [4.69, 9.17) is 10.7 Å². The van der Waals surface area contributed by atoms with Gasteiger partial charge in [0, 0.05) is 11.1 Å². The van der Waals surface area contributed by atoms with E-state index in [0.29, 0.717) is 0 Å². The van der Waals surface area contributed by atoms with E-state index in [1.165, 1.54) is 29.5 Å². The Morgan fingerprint density at radius 2 is 1.95 bits per heavy atom. The fraction of sp³-hybridized carbons (Fsp3) is 0.667. The van der Waals surface area contributed by atoms with Crippen molar-refractivity contribution in [2.24, 2.45) is 17.7 Å². The third kappa shape index (κ3) is 3.01. The van der Waals surface area contributed by atoms with Gasteiger partial charge >= 0.3 is 0 Å². The average molecular weight is 275 g/mol. The minimum atomic E-state index is 0.0630. The third-order valence-corrected chi connectivity index (χ3v) is 4.71. The van der Waals surface area contributed by atoms with Crippen molar-refractivity contribution >= 4 is 0 Å². The smallest absolute Gasteiger partial charge is 0.154 e. The number of hydrogen-bond donors (Lipinski definition) is 1. The molecule has 1 aliphatic carbocycles. The van der Waals surface area contributed by atoms with Gasteiger partial charge in [0.1, 0.15) is 0 Å². The summed E-state index contributed by atoms with van der Waals surface area (Å²) >= 11 is 0. The molecule has 0 saturated heterocycles. The molecule has 1 aliphatic rings. The van der Waals surface area contributed by atoms with Crippen molar-refractivity contribution in [3.8, 4) is 5.75 Å². The molecule has 2 rings (SSSR count). The second-order valence-corrected chi connectivity index (χ2v) is 7.55. The first-order valence-electron chi connectivity index (χ1n) is 7.86. The largest absolute Gasteiger partial charge is 0.411 e. The minimum absolute atomic E-state index is 0.0630. The lowest BCUT2D eigenvalue weighted by Gasteiger charge is -2.25. The summed E-state index contributed by atoms with van der Waals surface area (Å²) in [6.45, 7) is 11.3. The van der Waals surface area contributed by atoms with Gasteiger partial charge in [-0.25, -0.2) is 0 Å². The molecule has 2 nitrogen and oxygen atoms in total. The summed E-state index contributed by atoms with van der Waals surface area (Å²) in [6, 6.07) is 4.52. The zero-order valence-electron chi connectivity index (χ0n) is 13.6. The first-order valence-corrected chi connectivity index (χ1v) is 7.86. The lowest BCUT2D eigenvalue weighted by Crippen LogP contribution is -2.18. The number of benzene rings is 1. The Morgan fingerprint density at radius 3 is 2.50 bits per heavy atom. The molecule has 0 heterocycles. The van der Waals surface area contributed by atoms with Crippen molar-refractivity contribution in [1.29, 1.82) is 0 Å². The Morgan fingerprint density at radius 1 is 1.25 bits per heavy atom. The Kier molecular flexibility index (Phi) is 4.43. The minimum Gasteiger partial charge on any atom is -0.411 e. The quantitative estimate of drug-likeness (QED) is 0.642. The summed E-state index contributed by atoms with van der Waals surface area (Å²) in [6.07, 6.45) is 4.80. The summed E-state index contributed by atoms with van der Waals surface area (Å²) < 4.78 is 0. The van der Waals surface area contributed by atoms with Gasteiger partial charge in [0.05, 0.1) is 0 Å². The van der Waals surface area contributed by atoms with E-state index < -0.39 is 0 Å². The van der Waals surface area contributed by atoms with Crippen LogP contribution in [0, 0.1) is 11.8 Å². The highest BCUT2D eigenvalue weighted by atomic mass is 16.6. The molecular weight excluding hydrogens is 246 g/mol. The summed E-state index contributed by atoms with van der Waals surface area (Å²) in [4.78, 5) is 5.32. The van der Waals surface area contributed by atoms with E-state index in [2.05, 4.69) is 46.8 Å². The standard InChI is InChI=1S/C18H29NO/c1-12(2)13-7-6-8-15-14(11-13)9-10-16(17(15)20-19)18(3,4)5/h9-10,12-13H,6-8,11,19H2,1-5H3. The van der Waals surface area contributed by atoms with Gasteiger partial charge in [-0.1, -0.05) is 46.8 Å². The predicted molar refractivity (Wildman–Crippen MR) is 84.9 cm³/mol. The van der Waals surface area contributed by atoms with E-state index >= 15 is 0 Å². The van der Waals surface area contributed by atoms with E-state index in [9.17, 15) is 0 Å². The highest BCUT2D eigenvalue weighted by Crippen LogP contribution is 2.39. The highest BCUT2D eigenvalue weighted by Gasteiger charge is 2.26. The third-order valence-electron chi connectivity index (χ3n) is 4.71. The van der Waals surface area contributed by atoms with Crippen LogP contribution in [0.2, 0.25) is 0 Å². The van der Waals surface area contributed by atoms with Crippen LogP contribution < -0.4 is 10.7 Å². The lowest BCUT2D eigenvalue weighted by atomic mass is 9.82. The van der Waals surface area contributed by atoms with Crippen molar-refractivity contribution in [3.63, 3.8) is 0 Å². The second kappa shape index (κ2) is 5.77. The molecule has 0 amide bonds. The van der Waals surface area contributed by atoms with Gasteiger partial charge in [-0.05, 0) is 48.5 Å². The first kappa shape index (κ1) is 15.4. The summed E-state index contributed by atoms with van der Waals surface area (Å²) in [5.41, 5.74) is 4.08. The highest BCUT2D eigenvalue weighted by molar-refractivity contribution is 5.50. The maximum atomic E-state index is 5.62. The van der Waals surface area contributed by atoms with Gasteiger partial charge in [-0.15, -0.1) is 0 Å². The molecule has 0 aromatic heterocycles. The van der Waals surface area contributed by atoms with Gasteiger partial charge < -0.3 is 4.84 Å². The molecule has 0 spiro atoms. The van der Waals surface area contributed by atoms with Crippen molar-refractivity contribution in [1.82, 2.24) is 0 Å². The molecule has 0 bridgehead atoms. The van der Waals surface area contributed by atoms with Gasteiger partial charge in [0.25, 0.3) is 0 Å². The van der Waals surface area contributed by atoms with Gasteiger partial charge in [0.15, 0.2) is 5.75 Å². The van der Waals surface area contributed by atoms with Gasteiger partial charge in [-0.3, -0.25) is 0 Å². The van der Waals surface area contributed by atoms with Crippen molar-refractivity contribution in [2.45, 2.75) is 65.7 Å². The van der Waals surface area contributed by atoms with E-state index in [-0.39, 0.29) is 5.41 Å². The molecule has 1 aromatic carbocycles. The molecule has 1 unspecified atom stereocenters. The van der Waals surface area contributed by atoms with E-state index in [1.54, 1.807) is 0 Å². The molecule has 1 aromatic rings. The van der Waals surface area contributed by atoms with Crippen LogP contribution in [0.25, 0.3) is 0 Å². The molecule has 0 fully saturated rings. The lowest BCUT2D eigenvalue weighted by molar-refractivity contribution is 0.319. The van der Waals surface area contributed by atoms with E-state index in [0.717, 1.165) is 30.4 Å². The molecular formula is C18H29NO. The fourth-order valence-corrected chi connectivity index (χ4v) is 3.35. The van der Waals surface area contributed by atoms with Crippen molar-refractivity contribution in [2.75, 3.05) is 0 Å². The zero-order valence-corrected chi connectivity index (χ0v) is 13.6. The van der Waals surface area contributed by atoms with Crippen LogP contribution in [0.1, 0.15) is 64.2 Å². The number of hydrogen-bond acceptors (Lipinski definition) is 2. The molecule has 0 saturated carbocycles. The van der Waals surface area contributed by atoms with Crippen LogP contribution in [0.15, 0.2) is 12.1 Å². The first-order chi connectivity index (χ1) is 9.34. The predicted octanol–water partition coefficient (Wildman–Crippen LogP) is 4.39. The molecule has 1 atom stereocenters. The van der Waals surface area contributed by atoms with Crippen LogP contribution in [0.3, 0.4) is 0 Å². The summed E-state index contributed by atoms with van der Waals surface area (Å²) in [5.74, 6) is 8.07. The van der Waals surface area contributed by atoms with Crippen LogP contribution in [-0.4, -0.2) is 0 Å². The average Bonchev–Trinajstić information content (AvgIpc) is 2.58. The molecule has 0 radical (unpaired) electrons. The van der Waals surface area contributed by atoms with Crippen LogP contribution >= 0.6 is 0 Å². The van der Waals surface area contributed by atoms with Crippen LogP contribution in [0.5, 0.6) is 5.75 Å². The Hall–Kier alpha value is -1.02. The topological polar surface area (TPSA) is 35.2 Å². The monoisotopic (exact) mass is 275 g/mol. The Bertz CT molecular complexity index is 471. The SMILES string of the molecule is CC(C)C1CCCc2c(ccc(C(C)(C)C)c2ON)C1. The molecule has 2 N–H and O–H groups in total. The van der Waals surface area contributed by atoms with Crippen molar-refractivity contribution in [3.05, 3.63) is 28.8 Å². The van der Waals surface area contributed by atoms with Crippen LogP contribution in [-0.2, 0) is 18.3 Å². The normalized spacial score (nSPS) is 19.6. The summed E-state index contributed by atoms with van der Waals surface area (Å²) in [5, 5.41) is 0. The maximum Gasteiger partial charge on any atom is 0.154 e. The molecule has 112 valence electrons. The van der Waals surface area contributed by atoms with Crippen LogP contribution in [0.4, 0.5) is 0 Å². The zero-order chi connectivity index (χ0) is 14.9.